The number of benzene rings is 2. The van der Waals surface area contributed by atoms with E-state index in [1.807, 2.05) is 6.08 Å². The molecule has 0 bridgehead atoms. The van der Waals surface area contributed by atoms with Gasteiger partial charge in [-0.2, -0.15) is 0 Å². The van der Waals surface area contributed by atoms with Gasteiger partial charge < -0.3 is 10.1 Å². The second kappa shape index (κ2) is 9.23. The average Bonchev–Trinajstić information content (AvgIpc) is 2.74. The Labute approximate surface area is 196 Å². The van der Waals surface area contributed by atoms with Gasteiger partial charge in [-0.25, -0.2) is 8.42 Å². The summed E-state index contributed by atoms with van der Waals surface area (Å²) in [6.07, 6.45) is 4.54. The van der Waals surface area contributed by atoms with E-state index in [1.54, 1.807) is 30.5 Å². The number of aliphatic imine (C=N–C) groups is 1. The van der Waals surface area contributed by atoms with Crippen molar-refractivity contribution >= 4 is 56.2 Å². The molecule has 32 heavy (non-hydrogen) atoms. The van der Waals surface area contributed by atoms with Crippen LogP contribution in [0.25, 0.3) is 0 Å². The number of amides is 1. The van der Waals surface area contributed by atoms with Crippen molar-refractivity contribution < 1.29 is 17.9 Å². The smallest absolute Gasteiger partial charge is 0.259 e. The second-order valence-corrected chi connectivity index (χ2v) is 10.3. The third-order valence-corrected chi connectivity index (χ3v) is 7.36. The molecule has 4 rings (SSSR count). The molecule has 2 aromatic rings. The molecule has 2 heterocycles. The molecular formula is C22H21Cl2N3O4S. The van der Waals surface area contributed by atoms with Gasteiger partial charge in [0.1, 0.15) is 0 Å². The number of ether oxygens (including phenoxy) is 1. The molecule has 0 aromatic heterocycles. The number of hydrogen-bond acceptors (Lipinski definition) is 5. The van der Waals surface area contributed by atoms with Crippen molar-refractivity contribution in [2.45, 2.75) is 13.3 Å². The van der Waals surface area contributed by atoms with Gasteiger partial charge in [-0.3, -0.25) is 14.1 Å². The molecule has 1 fully saturated rings. The maximum Gasteiger partial charge on any atom is 0.259 e. The molecule has 0 spiro atoms. The van der Waals surface area contributed by atoms with Crippen molar-refractivity contribution in [1.29, 1.82) is 0 Å². The molecule has 0 aliphatic carbocycles. The summed E-state index contributed by atoms with van der Waals surface area (Å²) in [6.45, 7) is 2.58. The minimum Gasteiger partial charge on any atom is -0.362 e. The van der Waals surface area contributed by atoms with Gasteiger partial charge in [0.15, 0.2) is 5.94 Å². The highest BCUT2D eigenvalue weighted by atomic mass is 35.5. The Bertz CT molecular complexity index is 1230. The summed E-state index contributed by atoms with van der Waals surface area (Å²) >= 11 is 12.7. The first-order valence-electron chi connectivity index (χ1n) is 9.97. The normalized spacial score (nSPS) is 20.0. The SMILES string of the molecule is CC1C=CN=C(c2cc(NC(=O)c3ccc(N4CCOCS4(=O)=O)cc3Cl)ccc2Cl)C1. The minimum atomic E-state index is -3.58. The Kier molecular flexibility index (Phi) is 6.57. The quantitative estimate of drug-likeness (QED) is 0.667. The number of halogens is 2. The van der Waals surface area contributed by atoms with Gasteiger partial charge in [0, 0.05) is 28.2 Å². The zero-order valence-electron chi connectivity index (χ0n) is 17.2. The van der Waals surface area contributed by atoms with Gasteiger partial charge >= 0.3 is 0 Å². The van der Waals surface area contributed by atoms with Crippen molar-refractivity contribution in [1.82, 2.24) is 0 Å². The first-order valence-corrected chi connectivity index (χ1v) is 12.3. The van der Waals surface area contributed by atoms with Gasteiger partial charge in [0.25, 0.3) is 15.9 Å². The minimum absolute atomic E-state index is 0.145. The van der Waals surface area contributed by atoms with Gasteiger partial charge in [-0.15, -0.1) is 0 Å². The van der Waals surface area contributed by atoms with Crippen LogP contribution < -0.4 is 9.62 Å². The fraction of sp³-hybridized carbons (Fsp3) is 0.273. The highest BCUT2D eigenvalue weighted by Gasteiger charge is 2.27. The monoisotopic (exact) mass is 493 g/mol. The highest BCUT2D eigenvalue weighted by Crippen LogP contribution is 2.29. The van der Waals surface area contributed by atoms with Crippen molar-refractivity contribution in [3.05, 3.63) is 69.8 Å². The summed E-state index contributed by atoms with van der Waals surface area (Å²) < 4.78 is 30.7. The van der Waals surface area contributed by atoms with Crippen molar-refractivity contribution in [2.24, 2.45) is 10.9 Å². The van der Waals surface area contributed by atoms with Crippen LogP contribution in [0.2, 0.25) is 10.0 Å². The Morgan fingerprint density at radius 1 is 1.19 bits per heavy atom. The molecule has 2 aliphatic heterocycles. The number of allylic oxidation sites excluding steroid dienone is 1. The van der Waals surface area contributed by atoms with Crippen LogP contribution >= 0.6 is 23.2 Å². The molecule has 0 saturated carbocycles. The first kappa shape index (κ1) is 22.8. The molecule has 2 aromatic carbocycles. The standard InChI is InChI=1S/C22H21Cl2N3O4S/c1-14-6-7-25-21(10-14)18-11-15(2-5-19(18)23)26-22(28)17-4-3-16(12-20(17)24)27-8-9-31-13-32(27,29)30/h2-7,11-12,14H,8-10,13H2,1H3,(H,26,28). The van der Waals surface area contributed by atoms with E-state index in [0.29, 0.717) is 22.3 Å². The maximum absolute atomic E-state index is 12.9. The number of carbonyl (C=O) groups is 1. The Morgan fingerprint density at radius 3 is 2.72 bits per heavy atom. The maximum atomic E-state index is 12.9. The average molecular weight is 494 g/mol. The fourth-order valence-corrected chi connectivity index (χ4v) is 5.29. The third kappa shape index (κ3) is 4.83. The Balaban J connectivity index is 1.55. The van der Waals surface area contributed by atoms with Crippen LogP contribution in [-0.2, 0) is 14.8 Å². The van der Waals surface area contributed by atoms with Crippen LogP contribution in [0.4, 0.5) is 11.4 Å². The second-order valence-electron chi connectivity index (χ2n) is 7.62. The molecule has 1 saturated heterocycles. The van der Waals surface area contributed by atoms with E-state index in [2.05, 4.69) is 17.2 Å². The fourth-order valence-electron chi connectivity index (χ4n) is 3.56. The largest absolute Gasteiger partial charge is 0.362 e. The predicted octanol–water partition coefficient (Wildman–Crippen LogP) is 4.71. The van der Waals surface area contributed by atoms with E-state index in [9.17, 15) is 13.2 Å². The van der Waals surface area contributed by atoms with Crippen molar-refractivity contribution in [2.75, 3.05) is 28.7 Å². The summed E-state index contributed by atoms with van der Waals surface area (Å²) in [6, 6.07) is 9.74. The molecule has 168 valence electrons. The zero-order valence-corrected chi connectivity index (χ0v) is 19.5. The van der Waals surface area contributed by atoms with Gasteiger partial charge in [0.05, 0.1) is 29.4 Å². The summed E-state index contributed by atoms with van der Waals surface area (Å²) in [5, 5.41) is 3.52. The van der Waals surface area contributed by atoms with Gasteiger partial charge in [0.2, 0.25) is 0 Å². The first-order chi connectivity index (χ1) is 15.2. The molecule has 10 heteroatoms. The molecule has 7 nitrogen and oxygen atoms in total. The van der Waals surface area contributed by atoms with Crippen molar-refractivity contribution in [3.8, 4) is 0 Å². The van der Waals surface area contributed by atoms with Crippen LogP contribution in [0.15, 0.2) is 53.7 Å². The number of anilines is 2. The van der Waals surface area contributed by atoms with E-state index in [1.165, 1.54) is 16.4 Å². The molecule has 1 atom stereocenters. The number of nitrogens with zero attached hydrogens (tertiary/aromatic N) is 2. The van der Waals surface area contributed by atoms with Crippen LogP contribution in [-0.4, -0.2) is 39.1 Å². The van der Waals surface area contributed by atoms with Gasteiger partial charge in [-0.05, 0) is 48.7 Å². The van der Waals surface area contributed by atoms with E-state index in [0.717, 1.165) is 17.7 Å². The highest BCUT2D eigenvalue weighted by molar-refractivity contribution is 7.92. The lowest BCUT2D eigenvalue weighted by Crippen LogP contribution is -2.41. The lowest BCUT2D eigenvalue weighted by atomic mass is 9.96. The topological polar surface area (TPSA) is 88.1 Å². The van der Waals surface area contributed by atoms with Crippen LogP contribution in [0.1, 0.15) is 29.3 Å². The van der Waals surface area contributed by atoms with E-state index < -0.39 is 15.9 Å². The van der Waals surface area contributed by atoms with Crippen LogP contribution in [0, 0.1) is 5.92 Å². The molecule has 1 amide bonds. The van der Waals surface area contributed by atoms with Crippen LogP contribution in [0.3, 0.4) is 0 Å². The van der Waals surface area contributed by atoms with Gasteiger partial charge in [-0.1, -0.05) is 36.2 Å². The van der Waals surface area contributed by atoms with E-state index in [-0.39, 0.29) is 29.7 Å². The number of sulfonamides is 1. The number of carbonyl (C=O) groups excluding carboxylic acids is 1. The Hall–Kier alpha value is -2.39. The molecule has 1 unspecified atom stereocenters. The third-order valence-electron chi connectivity index (χ3n) is 5.19. The van der Waals surface area contributed by atoms with E-state index >= 15 is 0 Å². The Morgan fingerprint density at radius 2 is 2.00 bits per heavy atom. The summed E-state index contributed by atoms with van der Waals surface area (Å²) in [5.41, 5.74) is 2.79. The summed E-state index contributed by atoms with van der Waals surface area (Å²) in [5.74, 6) is -0.450. The van der Waals surface area contributed by atoms with E-state index in [4.69, 9.17) is 27.9 Å². The summed E-state index contributed by atoms with van der Waals surface area (Å²) in [7, 11) is -3.58. The van der Waals surface area contributed by atoms with Crippen molar-refractivity contribution in [3.63, 3.8) is 0 Å². The number of nitrogens with one attached hydrogen (secondary N) is 1. The molecule has 1 N–H and O–H groups in total. The number of hydrogen-bond donors (Lipinski definition) is 1. The molecular weight excluding hydrogens is 473 g/mol. The zero-order chi connectivity index (χ0) is 22.9. The number of rotatable bonds is 4. The molecule has 0 radical (unpaired) electrons. The summed E-state index contributed by atoms with van der Waals surface area (Å²) in [4.78, 5) is 17.3. The van der Waals surface area contributed by atoms with Crippen LogP contribution in [0.5, 0.6) is 0 Å². The lowest BCUT2D eigenvalue weighted by Gasteiger charge is -2.28. The molecule has 2 aliphatic rings. The lowest BCUT2D eigenvalue weighted by molar-refractivity contribution is 0.102. The predicted molar refractivity (Wildman–Crippen MR) is 127 cm³/mol.